The van der Waals surface area contributed by atoms with Crippen molar-refractivity contribution in [2.75, 3.05) is 25.0 Å². The molecule has 4 nitrogen and oxygen atoms in total. The highest BCUT2D eigenvalue weighted by molar-refractivity contribution is 6.04. The Kier molecular flexibility index (Phi) is 6.64. The van der Waals surface area contributed by atoms with Crippen LogP contribution in [0.15, 0.2) is 66.9 Å². The molecule has 1 aromatic heterocycles. The van der Waals surface area contributed by atoms with Gasteiger partial charge in [-0.1, -0.05) is 18.2 Å². The second-order valence-corrected chi connectivity index (χ2v) is 9.37. The van der Waals surface area contributed by atoms with Crippen LogP contribution in [-0.2, 0) is 6.42 Å². The van der Waals surface area contributed by atoms with Crippen molar-refractivity contribution in [3.05, 3.63) is 101 Å². The molecule has 6 heteroatoms. The van der Waals surface area contributed by atoms with Crippen LogP contribution < -0.4 is 5.32 Å². The van der Waals surface area contributed by atoms with Gasteiger partial charge < -0.3 is 15.2 Å². The van der Waals surface area contributed by atoms with Crippen LogP contribution in [-0.4, -0.2) is 35.4 Å². The summed E-state index contributed by atoms with van der Waals surface area (Å²) in [5, 5.41) is 3.92. The third-order valence-electron chi connectivity index (χ3n) is 7.13. The fraction of sp³-hybridized carbons (Fsp3) is 0.276. The minimum Gasteiger partial charge on any atom is -0.359 e. The topological polar surface area (TPSA) is 48.1 Å². The molecule has 0 bridgehead atoms. The summed E-state index contributed by atoms with van der Waals surface area (Å²) in [6.45, 7) is 5.05. The first-order valence-corrected chi connectivity index (χ1v) is 12.1. The molecule has 1 aliphatic heterocycles. The number of H-pyrrole nitrogens is 1. The van der Waals surface area contributed by atoms with Crippen molar-refractivity contribution in [2.45, 2.75) is 32.1 Å². The zero-order valence-electron chi connectivity index (χ0n) is 19.8. The first kappa shape index (κ1) is 23.2. The molecule has 1 fully saturated rings. The number of hydrogen-bond donors (Lipinski definition) is 2. The number of carbonyl (C=O) groups is 1. The Balaban J connectivity index is 1.17. The van der Waals surface area contributed by atoms with Crippen LogP contribution in [0.25, 0.3) is 10.9 Å². The van der Waals surface area contributed by atoms with Crippen molar-refractivity contribution in [3.63, 3.8) is 0 Å². The van der Waals surface area contributed by atoms with Gasteiger partial charge in [0.05, 0.1) is 5.52 Å². The lowest BCUT2D eigenvalue weighted by molar-refractivity contribution is 0.102. The van der Waals surface area contributed by atoms with Crippen LogP contribution in [0.2, 0.25) is 0 Å². The van der Waals surface area contributed by atoms with Crippen molar-refractivity contribution in [1.82, 2.24) is 9.88 Å². The van der Waals surface area contributed by atoms with Gasteiger partial charge in [0, 0.05) is 29.4 Å². The number of nitrogens with one attached hydrogen (secondary N) is 2. The highest BCUT2D eigenvalue weighted by Crippen LogP contribution is 2.34. The minimum atomic E-state index is -0.362. The molecular formula is C29H29F2N3O. The molecule has 1 saturated heterocycles. The smallest absolute Gasteiger partial charge is 0.255 e. The Morgan fingerprint density at radius 3 is 2.60 bits per heavy atom. The van der Waals surface area contributed by atoms with E-state index in [4.69, 9.17) is 0 Å². The normalized spacial score (nSPS) is 14.9. The number of benzene rings is 3. The first-order chi connectivity index (χ1) is 17.0. The summed E-state index contributed by atoms with van der Waals surface area (Å²) in [6.07, 6.45) is 4.98. The van der Waals surface area contributed by atoms with Gasteiger partial charge >= 0.3 is 0 Å². The van der Waals surface area contributed by atoms with Gasteiger partial charge in [0.15, 0.2) is 0 Å². The van der Waals surface area contributed by atoms with Crippen molar-refractivity contribution < 1.29 is 13.6 Å². The maximum atomic E-state index is 14.0. The van der Waals surface area contributed by atoms with Gasteiger partial charge in [0.2, 0.25) is 0 Å². The molecule has 0 radical (unpaired) electrons. The van der Waals surface area contributed by atoms with E-state index in [0.717, 1.165) is 50.0 Å². The van der Waals surface area contributed by atoms with Gasteiger partial charge in [-0.2, -0.15) is 0 Å². The summed E-state index contributed by atoms with van der Waals surface area (Å²) in [6, 6.07) is 16.8. The molecule has 1 aliphatic rings. The number of aromatic amines is 1. The highest BCUT2D eigenvalue weighted by Gasteiger charge is 2.23. The average Bonchev–Trinajstić information content (AvgIpc) is 3.30. The number of amides is 1. The number of aryl methyl sites for hydroxylation is 1. The van der Waals surface area contributed by atoms with Gasteiger partial charge in [-0.25, -0.2) is 8.78 Å². The third kappa shape index (κ3) is 5.13. The summed E-state index contributed by atoms with van der Waals surface area (Å²) < 4.78 is 27.2. The number of likely N-dealkylation sites (tertiary alicyclic amines) is 1. The van der Waals surface area contributed by atoms with Crippen LogP contribution in [0.5, 0.6) is 0 Å². The molecule has 2 N–H and O–H groups in total. The number of halogens is 2. The van der Waals surface area contributed by atoms with Crippen molar-refractivity contribution in [3.8, 4) is 0 Å². The van der Waals surface area contributed by atoms with Gasteiger partial charge in [-0.15, -0.1) is 0 Å². The predicted molar refractivity (Wildman–Crippen MR) is 136 cm³/mol. The molecule has 2 heterocycles. The number of para-hydroxylation sites is 1. The van der Waals surface area contributed by atoms with Crippen LogP contribution in [0.3, 0.4) is 0 Å². The number of hydrogen-bond acceptors (Lipinski definition) is 2. The van der Waals surface area contributed by atoms with Gasteiger partial charge in [-0.3, -0.25) is 4.79 Å². The van der Waals surface area contributed by atoms with E-state index in [1.807, 2.05) is 30.5 Å². The summed E-state index contributed by atoms with van der Waals surface area (Å²) in [4.78, 5) is 18.1. The van der Waals surface area contributed by atoms with E-state index in [1.165, 1.54) is 47.0 Å². The molecule has 3 aromatic carbocycles. The van der Waals surface area contributed by atoms with Crippen molar-refractivity contribution in [2.24, 2.45) is 0 Å². The Bertz CT molecular complexity index is 1340. The Morgan fingerprint density at radius 2 is 1.83 bits per heavy atom. The first-order valence-electron chi connectivity index (χ1n) is 12.1. The van der Waals surface area contributed by atoms with Crippen LogP contribution in [0, 0.1) is 18.6 Å². The average molecular weight is 474 g/mol. The van der Waals surface area contributed by atoms with E-state index in [-0.39, 0.29) is 17.5 Å². The fourth-order valence-corrected chi connectivity index (χ4v) is 5.05. The molecule has 4 aromatic rings. The van der Waals surface area contributed by atoms with Crippen LogP contribution in [0.4, 0.5) is 14.5 Å². The number of anilines is 1. The predicted octanol–water partition coefficient (Wildman–Crippen LogP) is 6.43. The van der Waals surface area contributed by atoms with E-state index in [2.05, 4.69) is 22.1 Å². The molecule has 35 heavy (non-hydrogen) atoms. The zero-order chi connectivity index (χ0) is 24.4. The molecule has 0 spiro atoms. The Morgan fingerprint density at radius 1 is 1.06 bits per heavy atom. The van der Waals surface area contributed by atoms with E-state index < -0.39 is 0 Å². The molecular weight excluding hydrogens is 444 g/mol. The van der Waals surface area contributed by atoms with Crippen LogP contribution >= 0.6 is 0 Å². The standard InChI is InChI=1S/C29H29F2N3O/c1-19-5-10-24(33-29(35)21-6-8-23(30)9-7-21)17-22(19)13-16-34-14-11-20(12-15-34)26-18-32-28-25(26)3-2-4-27(28)31/h2-10,17-18,20,32H,11-16H2,1H3,(H,33,35). The lowest BCUT2D eigenvalue weighted by Crippen LogP contribution is -2.34. The van der Waals surface area contributed by atoms with Gasteiger partial charge in [0.25, 0.3) is 5.91 Å². The minimum absolute atomic E-state index is 0.197. The second kappa shape index (κ2) is 10.0. The molecule has 180 valence electrons. The molecule has 0 unspecified atom stereocenters. The van der Waals surface area contributed by atoms with Crippen molar-refractivity contribution in [1.29, 1.82) is 0 Å². The molecule has 1 amide bonds. The molecule has 5 rings (SSSR count). The lowest BCUT2D eigenvalue weighted by Gasteiger charge is -2.32. The zero-order valence-corrected chi connectivity index (χ0v) is 19.8. The van der Waals surface area contributed by atoms with E-state index in [0.29, 0.717) is 17.0 Å². The maximum Gasteiger partial charge on any atom is 0.255 e. The summed E-state index contributed by atoms with van der Waals surface area (Å²) in [7, 11) is 0. The number of rotatable bonds is 6. The van der Waals surface area contributed by atoms with Gasteiger partial charge in [0.1, 0.15) is 11.6 Å². The SMILES string of the molecule is Cc1ccc(NC(=O)c2ccc(F)cc2)cc1CCN1CCC(c2c[nH]c3c(F)cccc23)CC1. The number of aromatic nitrogens is 1. The number of carbonyl (C=O) groups excluding carboxylic acids is 1. The van der Waals surface area contributed by atoms with E-state index >= 15 is 0 Å². The second-order valence-electron chi connectivity index (χ2n) is 9.37. The number of fused-ring (bicyclic) bond motifs is 1. The van der Waals surface area contributed by atoms with Crippen LogP contribution in [0.1, 0.15) is 45.8 Å². The Labute approximate surface area is 204 Å². The number of nitrogens with zero attached hydrogens (tertiary/aromatic N) is 1. The maximum absolute atomic E-state index is 14.0. The molecule has 0 saturated carbocycles. The summed E-state index contributed by atoms with van der Waals surface area (Å²) in [5.74, 6) is -0.372. The lowest BCUT2D eigenvalue weighted by atomic mass is 9.89. The van der Waals surface area contributed by atoms with E-state index in [9.17, 15) is 13.6 Å². The van der Waals surface area contributed by atoms with E-state index in [1.54, 1.807) is 6.07 Å². The quantitative estimate of drug-likeness (QED) is 0.339. The largest absolute Gasteiger partial charge is 0.359 e. The summed E-state index contributed by atoms with van der Waals surface area (Å²) in [5.41, 5.74) is 5.39. The molecule has 0 aliphatic carbocycles. The summed E-state index contributed by atoms with van der Waals surface area (Å²) >= 11 is 0. The highest BCUT2D eigenvalue weighted by atomic mass is 19.1. The fourth-order valence-electron chi connectivity index (χ4n) is 5.05. The Hall–Kier alpha value is -3.51. The monoisotopic (exact) mass is 473 g/mol. The van der Waals surface area contributed by atoms with Gasteiger partial charge in [-0.05, 0) is 104 Å². The van der Waals surface area contributed by atoms with Crippen molar-refractivity contribution >= 4 is 22.5 Å². The molecule has 0 atom stereocenters. The third-order valence-corrected chi connectivity index (χ3v) is 7.13. The number of piperidine rings is 1.